The Balaban J connectivity index is 2.13. The Morgan fingerprint density at radius 3 is 2.72 bits per heavy atom. The molecule has 0 fully saturated rings. The van der Waals surface area contributed by atoms with E-state index < -0.39 is 27.6 Å². The molecule has 0 saturated heterocycles. The number of pyridine rings is 1. The number of benzene rings is 1. The van der Waals surface area contributed by atoms with E-state index in [1.165, 1.54) is 18.5 Å². The van der Waals surface area contributed by atoms with Gasteiger partial charge in [0, 0.05) is 30.7 Å². The minimum atomic E-state index is -1.06. The summed E-state index contributed by atoms with van der Waals surface area (Å²) in [6.45, 7) is 0. The number of nitro groups is 1. The van der Waals surface area contributed by atoms with Crippen molar-refractivity contribution in [1.29, 1.82) is 0 Å². The standard InChI is InChI=1S/C15H9FN4O5/c16-8-6-19(2-1-14(8)22)12-3-9-10(4-13(12)20(24)25)18-11(5-17-9)15(23)7-21/h1-7,17-18H. The predicted molar refractivity (Wildman–Crippen MR) is 85.1 cm³/mol. The van der Waals surface area contributed by atoms with Gasteiger partial charge in [-0.05, 0) is 6.07 Å². The van der Waals surface area contributed by atoms with E-state index in [1.54, 1.807) is 0 Å². The molecule has 1 aliphatic rings. The zero-order valence-electron chi connectivity index (χ0n) is 12.4. The van der Waals surface area contributed by atoms with Crippen LogP contribution in [0.1, 0.15) is 0 Å². The van der Waals surface area contributed by atoms with Crippen molar-refractivity contribution in [3.8, 4) is 5.69 Å². The molecular formula is C15H9FN4O5. The summed E-state index contributed by atoms with van der Waals surface area (Å²) in [5.41, 5.74) is -0.728. The molecule has 2 aromatic rings. The molecule has 0 unspecified atom stereocenters. The highest BCUT2D eigenvalue weighted by atomic mass is 19.1. The molecule has 0 aliphatic carbocycles. The molecule has 0 saturated carbocycles. The third-order valence-corrected chi connectivity index (χ3v) is 3.48. The molecule has 10 heteroatoms. The van der Waals surface area contributed by atoms with Gasteiger partial charge in [-0.3, -0.25) is 24.5 Å². The number of nitro benzene ring substituents is 1. The van der Waals surface area contributed by atoms with E-state index in [2.05, 4.69) is 10.6 Å². The van der Waals surface area contributed by atoms with Crippen LogP contribution in [0.2, 0.25) is 0 Å². The van der Waals surface area contributed by atoms with Gasteiger partial charge in [0.2, 0.25) is 11.2 Å². The second-order valence-corrected chi connectivity index (χ2v) is 5.02. The summed E-state index contributed by atoms with van der Waals surface area (Å²) in [4.78, 5) is 43.8. The first-order chi connectivity index (χ1) is 11.9. The molecule has 0 radical (unpaired) electrons. The van der Waals surface area contributed by atoms with E-state index in [1.807, 2.05) is 0 Å². The number of allylic oxidation sites excluding steroid dienone is 1. The third kappa shape index (κ3) is 2.87. The quantitative estimate of drug-likeness (QED) is 0.371. The first-order valence-corrected chi connectivity index (χ1v) is 6.84. The molecule has 1 aliphatic heterocycles. The van der Waals surface area contributed by atoms with E-state index in [0.717, 1.165) is 22.9 Å². The van der Waals surface area contributed by atoms with Gasteiger partial charge in [0.05, 0.1) is 16.3 Å². The molecule has 1 aromatic heterocycles. The molecule has 2 N–H and O–H groups in total. The van der Waals surface area contributed by atoms with Crippen molar-refractivity contribution in [2.24, 2.45) is 0 Å². The van der Waals surface area contributed by atoms with Gasteiger partial charge in [-0.25, -0.2) is 4.39 Å². The lowest BCUT2D eigenvalue weighted by Crippen LogP contribution is -2.19. The lowest BCUT2D eigenvalue weighted by molar-refractivity contribution is -0.384. The van der Waals surface area contributed by atoms with Crippen LogP contribution in [0.3, 0.4) is 0 Å². The Bertz CT molecular complexity index is 1010. The third-order valence-electron chi connectivity index (χ3n) is 3.48. The van der Waals surface area contributed by atoms with Crippen LogP contribution in [-0.4, -0.2) is 21.6 Å². The van der Waals surface area contributed by atoms with Crippen molar-refractivity contribution in [2.45, 2.75) is 0 Å². The lowest BCUT2D eigenvalue weighted by Gasteiger charge is -2.20. The number of ketones is 1. The Hall–Kier alpha value is -3.82. The summed E-state index contributed by atoms with van der Waals surface area (Å²) < 4.78 is 14.6. The van der Waals surface area contributed by atoms with Crippen molar-refractivity contribution in [2.75, 3.05) is 10.6 Å². The Kier molecular flexibility index (Phi) is 3.85. The second kappa shape index (κ2) is 6.00. The van der Waals surface area contributed by atoms with Gasteiger partial charge in [0.1, 0.15) is 11.4 Å². The molecule has 0 atom stereocenters. The fourth-order valence-corrected chi connectivity index (χ4v) is 2.29. The number of rotatable bonds is 4. The number of hydrogen-bond acceptors (Lipinski definition) is 7. The van der Waals surface area contributed by atoms with Crippen LogP contribution in [-0.2, 0) is 9.59 Å². The second-order valence-electron chi connectivity index (χ2n) is 5.02. The van der Waals surface area contributed by atoms with Crippen molar-refractivity contribution >= 4 is 29.1 Å². The lowest BCUT2D eigenvalue weighted by atomic mass is 10.1. The summed E-state index contributed by atoms with van der Waals surface area (Å²) in [5.74, 6) is -1.88. The van der Waals surface area contributed by atoms with Gasteiger partial charge in [0.25, 0.3) is 5.69 Å². The molecule has 0 amide bonds. The number of Topliss-reactive ketones (excluding diaryl/α,β-unsaturated/α-hetero) is 1. The van der Waals surface area contributed by atoms with Gasteiger partial charge in [-0.2, -0.15) is 0 Å². The minimum Gasteiger partial charge on any atom is -0.358 e. The van der Waals surface area contributed by atoms with Crippen molar-refractivity contribution in [3.63, 3.8) is 0 Å². The smallest absolute Gasteiger partial charge is 0.295 e. The highest BCUT2D eigenvalue weighted by Gasteiger charge is 2.23. The number of nitrogens with zero attached hydrogens (tertiary/aromatic N) is 2. The summed E-state index contributed by atoms with van der Waals surface area (Å²) in [6.07, 6.45) is 3.39. The molecule has 2 heterocycles. The SMILES string of the molecule is O=CC(=O)C1=CNc2cc(-n3ccc(=O)c(F)c3)c([N+](=O)[O-])cc2N1. The zero-order valence-corrected chi connectivity index (χ0v) is 12.4. The zero-order chi connectivity index (χ0) is 18.1. The first-order valence-electron chi connectivity index (χ1n) is 6.84. The van der Waals surface area contributed by atoms with Crippen LogP contribution in [0.5, 0.6) is 0 Å². The van der Waals surface area contributed by atoms with E-state index in [-0.39, 0.29) is 23.4 Å². The molecular weight excluding hydrogens is 335 g/mol. The van der Waals surface area contributed by atoms with Crippen molar-refractivity contribution in [1.82, 2.24) is 4.57 Å². The van der Waals surface area contributed by atoms with Crippen molar-refractivity contribution < 1.29 is 18.9 Å². The van der Waals surface area contributed by atoms with Crippen LogP contribution in [0, 0.1) is 15.9 Å². The fraction of sp³-hybridized carbons (Fsp3) is 0. The maximum Gasteiger partial charge on any atom is 0.295 e. The van der Waals surface area contributed by atoms with Crippen LogP contribution in [0.15, 0.2) is 47.3 Å². The monoisotopic (exact) mass is 344 g/mol. The molecule has 0 bridgehead atoms. The molecule has 25 heavy (non-hydrogen) atoms. The first kappa shape index (κ1) is 16.1. The largest absolute Gasteiger partial charge is 0.358 e. The van der Waals surface area contributed by atoms with Gasteiger partial charge >= 0.3 is 0 Å². The number of carbonyl (C=O) groups excluding carboxylic acids is 2. The minimum absolute atomic E-state index is 0.00974. The van der Waals surface area contributed by atoms with Crippen LogP contribution < -0.4 is 16.1 Å². The molecule has 9 nitrogen and oxygen atoms in total. The van der Waals surface area contributed by atoms with E-state index in [0.29, 0.717) is 5.69 Å². The van der Waals surface area contributed by atoms with Gasteiger partial charge in [0.15, 0.2) is 12.1 Å². The van der Waals surface area contributed by atoms with Crippen molar-refractivity contribution in [3.05, 3.63) is 68.6 Å². The number of hydrogen-bond donors (Lipinski definition) is 2. The number of carbonyl (C=O) groups is 2. The van der Waals surface area contributed by atoms with Crippen LogP contribution in [0.25, 0.3) is 5.69 Å². The maximum atomic E-state index is 13.5. The highest BCUT2D eigenvalue weighted by Crippen LogP contribution is 2.36. The van der Waals surface area contributed by atoms with Crippen LogP contribution >= 0.6 is 0 Å². The average Bonchev–Trinajstić information content (AvgIpc) is 2.61. The molecule has 126 valence electrons. The van der Waals surface area contributed by atoms with Gasteiger partial charge in [-0.1, -0.05) is 0 Å². The van der Waals surface area contributed by atoms with Gasteiger partial charge in [-0.15, -0.1) is 0 Å². The van der Waals surface area contributed by atoms with Gasteiger partial charge < -0.3 is 15.2 Å². The van der Waals surface area contributed by atoms with E-state index in [4.69, 9.17) is 0 Å². The summed E-state index contributed by atoms with van der Waals surface area (Å²) in [7, 11) is 0. The number of fused-ring (bicyclic) bond motifs is 1. The molecule has 0 spiro atoms. The van der Waals surface area contributed by atoms with E-state index in [9.17, 15) is 28.9 Å². The maximum absolute atomic E-state index is 13.5. The van der Waals surface area contributed by atoms with Crippen LogP contribution in [0.4, 0.5) is 21.5 Å². The van der Waals surface area contributed by atoms with E-state index >= 15 is 0 Å². The fourth-order valence-electron chi connectivity index (χ4n) is 2.29. The normalized spacial score (nSPS) is 12.3. The summed E-state index contributed by atoms with van der Waals surface area (Å²) in [5, 5.41) is 16.7. The Morgan fingerprint density at radius 2 is 2.08 bits per heavy atom. The number of halogens is 1. The molecule has 3 rings (SSSR count). The number of anilines is 2. The number of nitrogens with one attached hydrogen (secondary N) is 2. The summed E-state index contributed by atoms with van der Waals surface area (Å²) in [6, 6.07) is 3.44. The highest BCUT2D eigenvalue weighted by molar-refractivity contribution is 6.34. The average molecular weight is 344 g/mol. The topological polar surface area (TPSA) is 123 Å². The summed E-state index contributed by atoms with van der Waals surface area (Å²) >= 11 is 0. The number of aromatic nitrogens is 1. The Morgan fingerprint density at radius 1 is 1.32 bits per heavy atom. The predicted octanol–water partition coefficient (Wildman–Crippen LogP) is 1.33. The molecule has 1 aromatic carbocycles. The Labute approximate surface area is 138 Å². The number of aldehydes is 1.